The van der Waals surface area contributed by atoms with Crippen LogP contribution in [0.25, 0.3) is 0 Å². The third kappa shape index (κ3) is 8.29. The molecule has 8 nitrogen and oxygen atoms in total. The molecule has 1 N–H and O–H groups in total. The second-order valence-corrected chi connectivity index (χ2v) is 12.1. The topological polar surface area (TPSA) is 96.0 Å². The van der Waals surface area contributed by atoms with E-state index in [2.05, 4.69) is 5.32 Å². The third-order valence-electron chi connectivity index (χ3n) is 7.14. The van der Waals surface area contributed by atoms with E-state index >= 15 is 0 Å². The number of ether oxygens (including phenoxy) is 1. The lowest BCUT2D eigenvalue weighted by molar-refractivity contribution is -0.140. The van der Waals surface area contributed by atoms with Gasteiger partial charge in [-0.1, -0.05) is 50.1 Å². The Balaban J connectivity index is 1.58. The van der Waals surface area contributed by atoms with E-state index in [-0.39, 0.29) is 24.2 Å². The van der Waals surface area contributed by atoms with Gasteiger partial charge in [0.1, 0.15) is 29.9 Å². The van der Waals surface area contributed by atoms with Gasteiger partial charge in [-0.2, -0.15) is 0 Å². The van der Waals surface area contributed by atoms with Crippen molar-refractivity contribution in [1.29, 1.82) is 0 Å². The number of para-hydroxylation sites is 1. The number of benzene rings is 3. The monoisotopic (exact) mass is 581 g/mol. The molecule has 3 aromatic carbocycles. The van der Waals surface area contributed by atoms with Crippen molar-refractivity contribution >= 4 is 27.5 Å². The maximum absolute atomic E-state index is 13.8. The van der Waals surface area contributed by atoms with Gasteiger partial charge in [-0.05, 0) is 73.4 Å². The Morgan fingerprint density at radius 3 is 2.15 bits per heavy atom. The molecule has 1 fully saturated rings. The van der Waals surface area contributed by atoms with Crippen LogP contribution in [0.1, 0.15) is 44.6 Å². The van der Waals surface area contributed by atoms with Crippen molar-refractivity contribution in [1.82, 2.24) is 10.2 Å². The third-order valence-corrected chi connectivity index (χ3v) is 8.28. The minimum Gasteiger partial charge on any atom is -0.457 e. The van der Waals surface area contributed by atoms with Crippen molar-refractivity contribution in [2.75, 3.05) is 17.1 Å². The molecular weight excluding hydrogens is 545 g/mol. The highest BCUT2D eigenvalue weighted by Crippen LogP contribution is 2.26. The number of nitrogens with one attached hydrogen (secondary N) is 1. The van der Waals surface area contributed by atoms with E-state index in [4.69, 9.17) is 4.74 Å². The molecule has 4 rings (SSSR count). The molecule has 0 heterocycles. The van der Waals surface area contributed by atoms with Gasteiger partial charge in [0, 0.05) is 12.6 Å². The fourth-order valence-corrected chi connectivity index (χ4v) is 5.84. The number of hydrogen-bond acceptors (Lipinski definition) is 5. The number of anilines is 1. The predicted octanol–water partition coefficient (Wildman–Crippen LogP) is 5.25. The Bertz CT molecular complexity index is 1410. The van der Waals surface area contributed by atoms with Crippen molar-refractivity contribution in [3.05, 3.63) is 90.2 Å². The SMILES string of the molecule is CCC(C(=O)NC1CCCC1)N(Cc1ccc(F)cc1)C(=O)CN(c1ccc(Oc2ccccc2)cc1)S(C)(=O)=O. The van der Waals surface area contributed by atoms with E-state index in [0.717, 1.165) is 36.2 Å². The standard InChI is InChI=1S/C31H36FN3O5S/c1-3-29(31(37)33-25-9-7-8-10-25)34(21-23-13-15-24(32)16-14-23)30(36)22-35(41(2,38)39)26-17-19-28(20-18-26)40-27-11-5-4-6-12-27/h4-6,11-20,25,29H,3,7-10,21-22H2,1-2H3,(H,33,37). The van der Waals surface area contributed by atoms with E-state index in [0.29, 0.717) is 23.5 Å². The van der Waals surface area contributed by atoms with E-state index in [9.17, 15) is 22.4 Å². The summed E-state index contributed by atoms with van der Waals surface area (Å²) in [5.74, 6) is -0.0952. The quantitative estimate of drug-likeness (QED) is 0.315. The largest absolute Gasteiger partial charge is 0.457 e. The molecule has 218 valence electrons. The van der Waals surface area contributed by atoms with Crippen LogP contribution in [0.2, 0.25) is 0 Å². The lowest BCUT2D eigenvalue weighted by atomic mass is 10.1. The van der Waals surface area contributed by atoms with E-state index in [1.54, 1.807) is 48.5 Å². The van der Waals surface area contributed by atoms with Crippen LogP contribution in [0.15, 0.2) is 78.9 Å². The Hall–Kier alpha value is -3.92. The minimum atomic E-state index is -3.87. The molecule has 0 radical (unpaired) electrons. The van der Waals surface area contributed by atoms with Crippen molar-refractivity contribution in [2.45, 2.75) is 57.7 Å². The zero-order valence-corrected chi connectivity index (χ0v) is 24.1. The summed E-state index contributed by atoms with van der Waals surface area (Å²) in [6.07, 6.45) is 5.22. The van der Waals surface area contributed by atoms with Gasteiger partial charge < -0.3 is 15.0 Å². The van der Waals surface area contributed by atoms with Crippen LogP contribution in [0.3, 0.4) is 0 Å². The van der Waals surface area contributed by atoms with Gasteiger partial charge in [0.05, 0.1) is 11.9 Å². The van der Waals surface area contributed by atoms with Crippen LogP contribution in [0.4, 0.5) is 10.1 Å². The van der Waals surface area contributed by atoms with Gasteiger partial charge in [-0.25, -0.2) is 12.8 Å². The molecule has 1 unspecified atom stereocenters. The van der Waals surface area contributed by atoms with Crippen LogP contribution in [0, 0.1) is 5.82 Å². The van der Waals surface area contributed by atoms with Crippen LogP contribution < -0.4 is 14.4 Å². The molecule has 1 aliphatic rings. The van der Waals surface area contributed by atoms with Gasteiger partial charge in [-0.15, -0.1) is 0 Å². The highest BCUT2D eigenvalue weighted by molar-refractivity contribution is 7.92. The molecule has 41 heavy (non-hydrogen) atoms. The normalized spacial score (nSPS) is 14.3. The van der Waals surface area contributed by atoms with Crippen LogP contribution in [-0.4, -0.2) is 50.0 Å². The molecule has 10 heteroatoms. The van der Waals surface area contributed by atoms with Gasteiger partial charge in [-0.3, -0.25) is 13.9 Å². The summed E-state index contributed by atoms with van der Waals surface area (Å²) in [5, 5.41) is 3.06. The Morgan fingerprint density at radius 2 is 1.56 bits per heavy atom. The number of amides is 2. The summed E-state index contributed by atoms with van der Waals surface area (Å²) in [6.45, 7) is 1.33. The first kappa shape index (κ1) is 30.0. The molecule has 1 saturated carbocycles. The molecule has 0 spiro atoms. The van der Waals surface area contributed by atoms with Gasteiger partial charge in [0.15, 0.2) is 0 Å². The summed E-state index contributed by atoms with van der Waals surface area (Å²) in [5.41, 5.74) is 0.909. The van der Waals surface area contributed by atoms with Crippen LogP contribution in [0.5, 0.6) is 11.5 Å². The Kier molecular flexibility index (Phi) is 9.99. The second-order valence-electron chi connectivity index (χ2n) is 10.2. The number of halogens is 1. The second kappa shape index (κ2) is 13.6. The van der Waals surface area contributed by atoms with E-state index in [1.165, 1.54) is 17.0 Å². The van der Waals surface area contributed by atoms with Crippen LogP contribution in [-0.2, 0) is 26.2 Å². The summed E-state index contributed by atoms with van der Waals surface area (Å²) < 4.78 is 46.1. The fraction of sp³-hybridized carbons (Fsp3) is 0.355. The Labute approximate surface area is 241 Å². The van der Waals surface area contributed by atoms with Gasteiger partial charge >= 0.3 is 0 Å². The highest BCUT2D eigenvalue weighted by atomic mass is 32.2. The summed E-state index contributed by atoms with van der Waals surface area (Å²) >= 11 is 0. The van der Waals surface area contributed by atoms with Crippen molar-refractivity contribution in [3.63, 3.8) is 0 Å². The maximum atomic E-state index is 13.8. The molecule has 0 bridgehead atoms. The molecule has 0 aromatic heterocycles. The first-order valence-corrected chi connectivity index (χ1v) is 15.6. The first-order valence-electron chi connectivity index (χ1n) is 13.8. The number of sulfonamides is 1. The predicted molar refractivity (Wildman–Crippen MR) is 157 cm³/mol. The van der Waals surface area contributed by atoms with E-state index in [1.807, 2.05) is 25.1 Å². The zero-order chi connectivity index (χ0) is 29.4. The number of carbonyl (C=O) groups is 2. The van der Waals surface area contributed by atoms with Gasteiger partial charge in [0.25, 0.3) is 0 Å². The molecule has 3 aromatic rings. The fourth-order valence-electron chi connectivity index (χ4n) is 4.99. The molecular formula is C31H36FN3O5S. The number of hydrogen-bond donors (Lipinski definition) is 1. The summed E-state index contributed by atoms with van der Waals surface area (Å²) in [7, 11) is -3.87. The summed E-state index contributed by atoms with van der Waals surface area (Å²) in [6, 6.07) is 20.5. The molecule has 0 aliphatic heterocycles. The zero-order valence-electron chi connectivity index (χ0n) is 23.3. The molecule has 2 amide bonds. The molecule has 0 saturated heterocycles. The van der Waals surface area contributed by atoms with Crippen molar-refractivity contribution < 1.29 is 27.1 Å². The number of rotatable bonds is 12. The molecule has 1 atom stereocenters. The highest BCUT2D eigenvalue weighted by Gasteiger charge is 2.33. The average Bonchev–Trinajstić information content (AvgIpc) is 3.46. The van der Waals surface area contributed by atoms with Crippen LogP contribution >= 0.6 is 0 Å². The number of carbonyl (C=O) groups excluding carboxylic acids is 2. The first-order chi connectivity index (χ1) is 19.6. The smallest absolute Gasteiger partial charge is 0.244 e. The van der Waals surface area contributed by atoms with E-state index < -0.39 is 34.3 Å². The lowest BCUT2D eigenvalue weighted by Crippen LogP contribution is -2.53. The minimum absolute atomic E-state index is 0.0250. The molecule has 1 aliphatic carbocycles. The maximum Gasteiger partial charge on any atom is 0.244 e. The summed E-state index contributed by atoms with van der Waals surface area (Å²) in [4.78, 5) is 28.6. The Morgan fingerprint density at radius 1 is 0.951 bits per heavy atom. The lowest BCUT2D eigenvalue weighted by Gasteiger charge is -2.33. The average molecular weight is 582 g/mol. The van der Waals surface area contributed by atoms with Gasteiger partial charge in [0.2, 0.25) is 21.8 Å². The van der Waals surface area contributed by atoms with Crippen molar-refractivity contribution in [3.8, 4) is 11.5 Å². The number of nitrogens with zero attached hydrogens (tertiary/aromatic N) is 2. The van der Waals surface area contributed by atoms with Crippen molar-refractivity contribution in [2.24, 2.45) is 0 Å².